The van der Waals surface area contributed by atoms with Gasteiger partial charge in [-0.1, -0.05) is 20.8 Å². The largest absolute Gasteiger partial charge is 0.336 e. The van der Waals surface area contributed by atoms with Crippen molar-refractivity contribution in [3.05, 3.63) is 0 Å². The van der Waals surface area contributed by atoms with Crippen LogP contribution < -0.4 is 11.1 Å². The number of carbonyl (C=O) groups is 1. The molecule has 0 aromatic heterocycles. The van der Waals surface area contributed by atoms with Gasteiger partial charge in [0.25, 0.3) is 0 Å². The van der Waals surface area contributed by atoms with E-state index in [4.69, 9.17) is 5.73 Å². The minimum Gasteiger partial charge on any atom is -0.336 e. The Kier molecular flexibility index (Phi) is 5.08. The summed E-state index contributed by atoms with van der Waals surface area (Å²) in [5.74, 6) is 1.36. The van der Waals surface area contributed by atoms with Crippen molar-refractivity contribution < 1.29 is 4.79 Å². The summed E-state index contributed by atoms with van der Waals surface area (Å²) >= 11 is 0. The highest BCUT2D eigenvalue weighted by molar-refractivity contribution is 5.79. The van der Waals surface area contributed by atoms with Crippen LogP contribution in [-0.4, -0.2) is 43.0 Å². The molecule has 4 nitrogen and oxygen atoms in total. The summed E-state index contributed by atoms with van der Waals surface area (Å²) < 4.78 is 0. The maximum absolute atomic E-state index is 12.7. The molecule has 4 heteroatoms. The number of hydrogen-bond acceptors (Lipinski definition) is 3. The summed E-state index contributed by atoms with van der Waals surface area (Å²) in [4.78, 5) is 14.8. The second-order valence-electron chi connectivity index (χ2n) is 7.54. The van der Waals surface area contributed by atoms with E-state index in [1.807, 2.05) is 4.90 Å². The van der Waals surface area contributed by atoms with Gasteiger partial charge in [-0.2, -0.15) is 0 Å². The van der Waals surface area contributed by atoms with Gasteiger partial charge in [0.2, 0.25) is 5.91 Å². The van der Waals surface area contributed by atoms with Crippen LogP contribution in [0.3, 0.4) is 0 Å². The highest BCUT2D eigenvalue weighted by Crippen LogP contribution is 2.40. The van der Waals surface area contributed by atoms with Crippen LogP contribution in [0.5, 0.6) is 0 Å². The molecule has 2 fully saturated rings. The number of nitrogens with one attached hydrogen (secondary N) is 1. The second kappa shape index (κ2) is 6.44. The number of carbonyl (C=O) groups excluding carboxylic acids is 1. The fourth-order valence-corrected chi connectivity index (χ4v) is 3.70. The molecule has 1 saturated heterocycles. The van der Waals surface area contributed by atoms with Gasteiger partial charge in [0.1, 0.15) is 0 Å². The van der Waals surface area contributed by atoms with Crippen LogP contribution in [0.15, 0.2) is 0 Å². The minimum atomic E-state index is 0.191. The normalized spacial score (nSPS) is 32.2. The molecule has 1 aliphatic heterocycles. The van der Waals surface area contributed by atoms with Crippen molar-refractivity contribution in [1.29, 1.82) is 0 Å². The molecule has 2 rings (SSSR count). The van der Waals surface area contributed by atoms with Gasteiger partial charge in [-0.3, -0.25) is 4.79 Å². The molecule has 0 spiro atoms. The first-order valence-electron chi connectivity index (χ1n) is 8.14. The summed E-state index contributed by atoms with van der Waals surface area (Å²) in [7, 11) is 0. The zero-order valence-corrected chi connectivity index (χ0v) is 13.3. The molecule has 0 bridgehead atoms. The molecule has 20 heavy (non-hydrogen) atoms. The Balaban J connectivity index is 1.91. The van der Waals surface area contributed by atoms with E-state index in [1.165, 1.54) is 12.8 Å². The number of hydrogen-bond donors (Lipinski definition) is 2. The monoisotopic (exact) mass is 281 g/mol. The average molecular weight is 281 g/mol. The average Bonchev–Trinajstić information content (AvgIpc) is 2.45. The van der Waals surface area contributed by atoms with E-state index in [-0.39, 0.29) is 12.0 Å². The van der Waals surface area contributed by atoms with Crippen LogP contribution in [0.2, 0.25) is 0 Å². The van der Waals surface area contributed by atoms with E-state index in [2.05, 4.69) is 26.1 Å². The molecule has 1 unspecified atom stereocenters. The predicted octanol–water partition coefficient (Wildman–Crippen LogP) is 1.60. The van der Waals surface area contributed by atoms with Gasteiger partial charge in [-0.05, 0) is 37.0 Å². The van der Waals surface area contributed by atoms with E-state index in [0.29, 0.717) is 17.9 Å². The molecule has 3 N–H and O–H groups in total. The van der Waals surface area contributed by atoms with E-state index in [1.54, 1.807) is 0 Å². The van der Waals surface area contributed by atoms with Crippen molar-refractivity contribution in [1.82, 2.24) is 10.2 Å². The molecule has 0 radical (unpaired) electrons. The van der Waals surface area contributed by atoms with Gasteiger partial charge in [0.15, 0.2) is 0 Å². The van der Waals surface area contributed by atoms with Gasteiger partial charge in [-0.15, -0.1) is 0 Å². The lowest BCUT2D eigenvalue weighted by Gasteiger charge is -2.41. The third-order valence-electron chi connectivity index (χ3n) is 5.21. The molecule has 0 aromatic rings. The SMILES string of the molecule is CC(C)(C)C1CCC(C(=O)N2CCNCC2CN)CC1. The lowest BCUT2D eigenvalue weighted by atomic mass is 9.69. The van der Waals surface area contributed by atoms with Gasteiger partial charge in [0, 0.05) is 32.1 Å². The Morgan fingerprint density at radius 3 is 2.45 bits per heavy atom. The van der Waals surface area contributed by atoms with Crippen molar-refractivity contribution >= 4 is 5.91 Å². The quantitative estimate of drug-likeness (QED) is 0.808. The third kappa shape index (κ3) is 3.53. The second-order valence-corrected chi connectivity index (χ2v) is 7.54. The van der Waals surface area contributed by atoms with Gasteiger partial charge in [-0.25, -0.2) is 0 Å². The van der Waals surface area contributed by atoms with Gasteiger partial charge in [0.05, 0.1) is 6.04 Å². The highest BCUT2D eigenvalue weighted by atomic mass is 16.2. The van der Waals surface area contributed by atoms with Gasteiger partial charge < -0.3 is 16.0 Å². The smallest absolute Gasteiger partial charge is 0.226 e. The zero-order chi connectivity index (χ0) is 14.8. The van der Waals surface area contributed by atoms with Crippen LogP contribution in [0.4, 0.5) is 0 Å². The van der Waals surface area contributed by atoms with Crippen LogP contribution in [0.1, 0.15) is 46.5 Å². The standard InChI is InChI=1S/C16H31N3O/c1-16(2,3)13-6-4-12(5-7-13)15(20)19-9-8-18-11-14(19)10-17/h12-14,18H,4-11,17H2,1-3H3. The lowest BCUT2D eigenvalue weighted by molar-refractivity contribution is -0.140. The molecule has 116 valence electrons. The summed E-state index contributed by atoms with van der Waals surface area (Å²) in [6.45, 7) is 10.1. The van der Waals surface area contributed by atoms with Crippen LogP contribution >= 0.6 is 0 Å². The first-order valence-corrected chi connectivity index (χ1v) is 8.14. The Labute approximate surface area is 123 Å². The Bertz CT molecular complexity index is 329. The highest BCUT2D eigenvalue weighted by Gasteiger charge is 2.36. The Morgan fingerprint density at radius 1 is 1.25 bits per heavy atom. The number of nitrogens with zero attached hydrogens (tertiary/aromatic N) is 1. The molecule has 1 amide bonds. The zero-order valence-electron chi connectivity index (χ0n) is 13.3. The topological polar surface area (TPSA) is 58.4 Å². The van der Waals surface area contributed by atoms with Crippen LogP contribution in [0, 0.1) is 17.3 Å². The van der Waals surface area contributed by atoms with E-state index in [0.717, 1.165) is 38.4 Å². The van der Waals surface area contributed by atoms with Gasteiger partial charge >= 0.3 is 0 Å². The lowest BCUT2D eigenvalue weighted by Crippen LogP contribution is -2.58. The summed E-state index contributed by atoms with van der Waals surface area (Å²) in [5.41, 5.74) is 6.18. The molecular weight excluding hydrogens is 250 g/mol. The van der Waals surface area contributed by atoms with Crippen molar-refractivity contribution in [2.75, 3.05) is 26.2 Å². The molecule has 1 saturated carbocycles. The molecule has 1 atom stereocenters. The van der Waals surface area contributed by atoms with E-state index in [9.17, 15) is 4.79 Å². The molecule has 1 aliphatic carbocycles. The number of amides is 1. The third-order valence-corrected chi connectivity index (χ3v) is 5.21. The summed E-state index contributed by atoms with van der Waals surface area (Å²) in [6, 6.07) is 0.191. The molecule has 1 heterocycles. The van der Waals surface area contributed by atoms with Crippen molar-refractivity contribution in [2.24, 2.45) is 23.0 Å². The Morgan fingerprint density at radius 2 is 1.90 bits per heavy atom. The van der Waals surface area contributed by atoms with Crippen LogP contribution in [0.25, 0.3) is 0 Å². The van der Waals surface area contributed by atoms with Crippen molar-refractivity contribution in [3.63, 3.8) is 0 Å². The van der Waals surface area contributed by atoms with Crippen molar-refractivity contribution in [2.45, 2.75) is 52.5 Å². The molecule has 0 aromatic carbocycles. The maximum Gasteiger partial charge on any atom is 0.226 e. The first kappa shape index (κ1) is 15.8. The minimum absolute atomic E-state index is 0.191. The Hall–Kier alpha value is -0.610. The number of rotatable bonds is 2. The number of piperazine rings is 1. The molecule has 2 aliphatic rings. The molecular formula is C16H31N3O. The fraction of sp³-hybridized carbons (Fsp3) is 0.938. The summed E-state index contributed by atoms with van der Waals surface area (Å²) in [5, 5.41) is 3.33. The fourth-order valence-electron chi connectivity index (χ4n) is 3.70. The van der Waals surface area contributed by atoms with Crippen molar-refractivity contribution in [3.8, 4) is 0 Å². The first-order chi connectivity index (χ1) is 9.43. The number of nitrogens with two attached hydrogens (primary N) is 1. The maximum atomic E-state index is 12.7. The predicted molar refractivity (Wildman–Crippen MR) is 82.3 cm³/mol. The summed E-state index contributed by atoms with van der Waals surface area (Å²) in [6.07, 6.45) is 4.50. The van der Waals surface area contributed by atoms with E-state index < -0.39 is 0 Å². The van der Waals surface area contributed by atoms with Crippen LogP contribution in [-0.2, 0) is 4.79 Å². The van der Waals surface area contributed by atoms with E-state index >= 15 is 0 Å².